The van der Waals surface area contributed by atoms with E-state index in [9.17, 15) is 0 Å². The van der Waals surface area contributed by atoms with Gasteiger partial charge in [-0.2, -0.15) is 5.26 Å². The van der Waals surface area contributed by atoms with Crippen LogP contribution in [0.2, 0.25) is 5.02 Å². The van der Waals surface area contributed by atoms with E-state index < -0.39 is 0 Å². The Morgan fingerprint density at radius 2 is 1.88 bits per heavy atom. The Kier molecular flexibility index (Phi) is 3.04. The maximum Gasteiger partial charge on any atom is 0.183 e. The molecule has 1 aromatic heterocycles. The Bertz CT molecular complexity index is 549. The number of benzene rings is 1. The Morgan fingerprint density at radius 3 is 2.62 bits per heavy atom. The van der Waals surface area contributed by atoms with Gasteiger partial charge >= 0.3 is 0 Å². The first-order valence-electron chi connectivity index (χ1n) is 4.59. The minimum atomic E-state index is 0.238. The highest BCUT2D eigenvalue weighted by Gasteiger charge is 2.06. The van der Waals surface area contributed by atoms with E-state index in [0.717, 1.165) is 0 Å². The normalized spacial score (nSPS) is 9.50. The van der Waals surface area contributed by atoms with Crippen LogP contribution < -0.4 is 4.74 Å². The molecule has 78 valence electrons. The predicted octanol–water partition coefficient (Wildman–Crippen LogP) is 3.40. The lowest BCUT2D eigenvalue weighted by atomic mass is 10.3. The van der Waals surface area contributed by atoms with Crippen LogP contribution in [0.1, 0.15) is 5.69 Å². The van der Waals surface area contributed by atoms with Crippen molar-refractivity contribution in [2.75, 3.05) is 0 Å². The molecule has 0 fully saturated rings. The van der Waals surface area contributed by atoms with E-state index in [4.69, 9.17) is 21.6 Å². The number of rotatable bonds is 2. The molecule has 1 aromatic carbocycles. The SMILES string of the molecule is N#Cc1ncccc1Oc1ccccc1Cl. The predicted molar refractivity (Wildman–Crippen MR) is 60.5 cm³/mol. The van der Waals surface area contributed by atoms with E-state index >= 15 is 0 Å². The van der Waals surface area contributed by atoms with E-state index in [-0.39, 0.29) is 5.69 Å². The van der Waals surface area contributed by atoms with Crippen molar-refractivity contribution < 1.29 is 4.74 Å². The first kappa shape index (κ1) is 10.5. The van der Waals surface area contributed by atoms with E-state index in [1.807, 2.05) is 18.2 Å². The summed E-state index contributed by atoms with van der Waals surface area (Å²) in [5, 5.41) is 9.34. The molecule has 0 atom stereocenters. The summed E-state index contributed by atoms with van der Waals surface area (Å²) in [6.07, 6.45) is 1.54. The van der Waals surface area contributed by atoms with Gasteiger partial charge in [0.05, 0.1) is 5.02 Å². The van der Waals surface area contributed by atoms with E-state index in [1.54, 1.807) is 24.3 Å². The van der Waals surface area contributed by atoms with Crippen LogP contribution in [0, 0.1) is 11.3 Å². The molecule has 3 nitrogen and oxygen atoms in total. The van der Waals surface area contributed by atoms with E-state index in [2.05, 4.69) is 4.98 Å². The van der Waals surface area contributed by atoms with Gasteiger partial charge in [0.25, 0.3) is 0 Å². The molecule has 0 saturated heterocycles. The van der Waals surface area contributed by atoms with Crippen LogP contribution in [0.25, 0.3) is 0 Å². The highest BCUT2D eigenvalue weighted by Crippen LogP contribution is 2.29. The number of aromatic nitrogens is 1. The number of para-hydroxylation sites is 1. The molecule has 0 bridgehead atoms. The number of hydrogen-bond donors (Lipinski definition) is 0. The Morgan fingerprint density at radius 1 is 1.12 bits per heavy atom. The third kappa shape index (κ3) is 2.13. The molecule has 1 heterocycles. The first-order valence-corrected chi connectivity index (χ1v) is 4.96. The molecular formula is C12H7ClN2O. The van der Waals surface area contributed by atoms with Crippen LogP contribution in [0.15, 0.2) is 42.6 Å². The highest BCUT2D eigenvalue weighted by molar-refractivity contribution is 6.32. The fourth-order valence-electron chi connectivity index (χ4n) is 1.20. The standard InChI is InChI=1S/C12H7ClN2O/c13-9-4-1-2-5-11(9)16-12-6-3-7-15-10(12)8-14/h1-7H. The zero-order chi connectivity index (χ0) is 11.4. The van der Waals surface area contributed by atoms with Gasteiger partial charge < -0.3 is 4.74 Å². The molecule has 0 aliphatic heterocycles. The van der Waals surface area contributed by atoms with Crippen molar-refractivity contribution in [3.63, 3.8) is 0 Å². The zero-order valence-electron chi connectivity index (χ0n) is 8.22. The molecule has 0 amide bonds. The van der Waals surface area contributed by atoms with Gasteiger partial charge in [-0.15, -0.1) is 0 Å². The van der Waals surface area contributed by atoms with Crippen LogP contribution in [0.5, 0.6) is 11.5 Å². The van der Waals surface area contributed by atoms with Crippen molar-refractivity contribution >= 4 is 11.6 Å². The summed E-state index contributed by atoms with van der Waals surface area (Å²) in [5.74, 6) is 0.909. The zero-order valence-corrected chi connectivity index (χ0v) is 8.98. The van der Waals surface area contributed by atoms with Crippen molar-refractivity contribution in [3.8, 4) is 17.6 Å². The second kappa shape index (κ2) is 4.65. The Balaban J connectivity index is 2.35. The van der Waals surface area contributed by atoms with Gasteiger partial charge in [0.2, 0.25) is 0 Å². The number of hydrogen-bond acceptors (Lipinski definition) is 3. The molecule has 0 spiro atoms. The smallest absolute Gasteiger partial charge is 0.183 e. The summed E-state index contributed by atoms with van der Waals surface area (Å²) in [6, 6.07) is 12.4. The Hall–Kier alpha value is -2.05. The maximum absolute atomic E-state index is 8.84. The Labute approximate surface area is 97.9 Å². The van der Waals surface area contributed by atoms with Crippen LogP contribution in [0.3, 0.4) is 0 Å². The third-order valence-corrected chi connectivity index (χ3v) is 2.25. The van der Waals surface area contributed by atoms with Crippen LogP contribution >= 0.6 is 11.6 Å². The monoisotopic (exact) mass is 230 g/mol. The lowest BCUT2D eigenvalue weighted by molar-refractivity contribution is 0.478. The maximum atomic E-state index is 8.84. The number of pyridine rings is 1. The van der Waals surface area contributed by atoms with Crippen molar-refractivity contribution in [2.24, 2.45) is 0 Å². The van der Waals surface area contributed by atoms with Gasteiger partial charge in [-0.25, -0.2) is 4.98 Å². The quantitative estimate of drug-likeness (QED) is 0.794. The molecule has 2 rings (SSSR count). The lowest BCUT2D eigenvalue weighted by Gasteiger charge is -2.07. The number of nitrogens with zero attached hydrogens (tertiary/aromatic N) is 2. The molecule has 0 aliphatic carbocycles. The van der Waals surface area contributed by atoms with E-state index in [0.29, 0.717) is 16.5 Å². The molecule has 0 N–H and O–H groups in total. The van der Waals surface area contributed by atoms with Crippen molar-refractivity contribution in [1.82, 2.24) is 4.98 Å². The third-order valence-electron chi connectivity index (χ3n) is 1.93. The summed E-state index contributed by atoms with van der Waals surface area (Å²) in [4.78, 5) is 3.89. The molecular weight excluding hydrogens is 224 g/mol. The van der Waals surface area contributed by atoms with Crippen LogP contribution in [-0.4, -0.2) is 4.98 Å². The largest absolute Gasteiger partial charge is 0.453 e. The summed E-state index contributed by atoms with van der Waals surface area (Å²) in [7, 11) is 0. The van der Waals surface area contributed by atoms with Crippen molar-refractivity contribution in [2.45, 2.75) is 0 Å². The minimum Gasteiger partial charge on any atom is -0.453 e. The summed E-state index contributed by atoms with van der Waals surface area (Å²) >= 11 is 5.94. The van der Waals surface area contributed by atoms with Gasteiger partial charge in [0, 0.05) is 6.20 Å². The molecule has 16 heavy (non-hydrogen) atoms. The highest BCUT2D eigenvalue weighted by atomic mass is 35.5. The topological polar surface area (TPSA) is 45.9 Å². The van der Waals surface area contributed by atoms with Crippen molar-refractivity contribution in [3.05, 3.63) is 53.3 Å². The second-order valence-corrected chi connectivity index (χ2v) is 3.40. The molecule has 0 radical (unpaired) electrons. The summed E-state index contributed by atoms with van der Waals surface area (Å²) in [6.45, 7) is 0. The average molecular weight is 231 g/mol. The lowest BCUT2D eigenvalue weighted by Crippen LogP contribution is -1.90. The van der Waals surface area contributed by atoms with Gasteiger partial charge in [-0.1, -0.05) is 23.7 Å². The van der Waals surface area contributed by atoms with Crippen LogP contribution in [-0.2, 0) is 0 Å². The van der Waals surface area contributed by atoms with E-state index in [1.165, 1.54) is 6.20 Å². The van der Waals surface area contributed by atoms with Gasteiger partial charge in [-0.05, 0) is 24.3 Å². The number of nitriles is 1. The van der Waals surface area contributed by atoms with Gasteiger partial charge in [-0.3, -0.25) is 0 Å². The second-order valence-electron chi connectivity index (χ2n) is 2.99. The first-order chi connectivity index (χ1) is 7.81. The molecule has 0 aliphatic rings. The minimum absolute atomic E-state index is 0.238. The fraction of sp³-hybridized carbons (Fsp3) is 0. The molecule has 4 heteroatoms. The number of halogens is 1. The molecule has 2 aromatic rings. The van der Waals surface area contributed by atoms with Crippen LogP contribution in [0.4, 0.5) is 0 Å². The fourth-order valence-corrected chi connectivity index (χ4v) is 1.38. The average Bonchev–Trinajstić information content (AvgIpc) is 2.33. The molecule has 0 unspecified atom stereocenters. The van der Waals surface area contributed by atoms with Gasteiger partial charge in [0.1, 0.15) is 11.8 Å². The summed E-state index contributed by atoms with van der Waals surface area (Å²) in [5.41, 5.74) is 0.238. The number of ether oxygens (including phenoxy) is 1. The summed E-state index contributed by atoms with van der Waals surface area (Å²) < 4.78 is 5.51. The molecule has 0 saturated carbocycles. The van der Waals surface area contributed by atoms with Gasteiger partial charge in [0.15, 0.2) is 11.4 Å². The van der Waals surface area contributed by atoms with Crippen molar-refractivity contribution in [1.29, 1.82) is 5.26 Å².